The molecule has 2 nitrogen and oxygen atoms in total. The fourth-order valence-electron chi connectivity index (χ4n) is 3.34. The summed E-state index contributed by atoms with van der Waals surface area (Å²) in [4.78, 5) is 10.2. The lowest BCUT2D eigenvalue weighted by molar-refractivity contribution is 0.328. The molecule has 0 aromatic carbocycles. The van der Waals surface area contributed by atoms with Crippen LogP contribution in [0.5, 0.6) is 0 Å². The van der Waals surface area contributed by atoms with E-state index in [2.05, 4.69) is 6.92 Å². The molecule has 0 aromatic rings. The molecule has 0 aromatic heterocycles. The molecule has 0 saturated carbocycles. The zero-order valence-corrected chi connectivity index (χ0v) is 15.9. The number of hydrogen-bond donors (Lipinski definition) is 1. The third-order valence-electron chi connectivity index (χ3n) is 4.84. The van der Waals surface area contributed by atoms with Crippen molar-refractivity contribution in [1.82, 2.24) is 0 Å². The smallest absolute Gasteiger partial charge is 0.220 e. The van der Waals surface area contributed by atoms with Crippen molar-refractivity contribution < 1.29 is 9.42 Å². The van der Waals surface area contributed by atoms with Crippen LogP contribution in [-0.2, 0) is 4.52 Å². The normalized spacial score (nSPS) is 21.5. The minimum atomic E-state index is -1.90. The van der Waals surface area contributed by atoms with E-state index in [1.807, 2.05) is 0 Å². The van der Waals surface area contributed by atoms with Crippen molar-refractivity contribution >= 4 is 7.72 Å². The SMILES string of the molecule is CCCCCCCCCCCCCCCC[P+]1(O)CCCO1. The predicted molar refractivity (Wildman–Crippen MR) is 99.8 cm³/mol. The Labute approximate surface area is 139 Å². The predicted octanol–water partition coefficient (Wildman–Crippen LogP) is 6.73. The van der Waals surface area contributed by atoms with E-state index >= 15 is 0 Å². The van der Waals surface area contributed by atoms with E-state index in [0.29, 0.717) is 0 Å². The van der Waals surface area contributed by atoms with Gasteiger partial charge in [0.2, 0.25) is 0 Å². The average Bonchev–Trinajstić information content (AvgIpc) is 2.94. The molecule has 132 valence electrons. The molecule has 1 aliphatic rings. The van der Waals surface area contributed by atoms with Crippen LogP contribution in [0.1, 0.15) is 103 Å². The fraction of sp³-hybridized carbons (Fsp3) is 1.00. The average molecular weight is 332 g/mol. The van der Waals surface area contributed by atoms with E-state index in [-0.39, 0.29) is 0 Å². The van der Waals surface area contributed by atoms with Gasteiger partial charge in [0.15, 0.2) is 0 Å². The Morgan fingerprint density at radius 1 is 0.727 bits per heavy atom. The van der Waals surface area contributed by atoms with E-state index in [4.69, 9.17) is 4.52 Å². The molecule has 1 heterocycles. The maximum atomic E-state index is 10.2. The summed E-state index contributed by atoms with van der Waals surface area (Å²) >= 11 is 0. The highest BCUT2D eigenvalue weighted by atomic mass is 31.2. The Kier molecular flexibility index (Phi) is 12.8. The lowest BCUT2D eigenvalue weighted by Gasteiger charge is -2.11. The summed E-state index contributed by atoms with van der Waals surface area (Å²) in [5.41, 5.74) is 0. The third kappa shape index (κ3) is 11.0. The molecule has 22 heavy (non-hydrogen) atoms. The summed E-state index contributed by atoms with van der Waals surface area (Å²) < 4.78 is 5.52. The molecular formula is C19H40O2P+. The van der Waals surface area contributed by atoms with E-state index in [9.17, 15) is 4.89 Å². The monoisotopic (exact) mass is 331 g/mol. The highest BCUT2D eigenvalue weighted by Gasteiger charge is 2.41. The first-order chi connectivity index (χ1) is 10.8. The van der Waals surface area contributed by atoms with Crippen LogP contribution in [0.25, 0.3) is 0 Å². The van der Waals surface area contributed by atoms with Gasteiger partial charge < -0.3 is 0 Å². The number of unbranched alkanes of at least 4 members (excludes halogenated alkanes) is 13. The van der Waals surface area contributed by atoms with Crippen molar-refractivity contribution in [3.63, 3.8) is 0 Å². The largest absolute Gasteiger partial charge is 0.271 e. The topological polar surface area (TPSA) is 29.5 Å². The van der Waals surface area contributed by atoms with Gasteiger partial charge in [0.1, 0.15) is 12.3 Å². The van der Waals surface area contributed by atoms with Crippen LogP contribution in [0.3, 0.4) is 0 Å². The van der Waals surface area contributed by atoms with Gasteiger partial charge in [-0.15, -0.1) is 0 Å². The third-order valence-corrected chi connectivity index (χ3v) is 7.54. The van der Waals surface area contributed by atoms with Crippen LogP contribution < -0.4 is 0 Å². The molecule has 1 saturated heterocycles. The summed E-state index contributed by atoms with van der Waals surface area (Å²) in [7, 11) is -1.90. The molecule has 3 heteroatoms. The Bertz CT molecular complexity index is 240. The second-order valence-corrected chi connectivity index (χ2v) is 9.92. The van der Waals surface area contributed by atoms with Gasteiger partial charge in [0.05, 0.1) is 6.61 Å². The molecule has 1 unspecified atom stereocenters. The van der Waals surface area contributed by atoms with Gasteiger partial charge in [0, 0.05) is 6.42 Å². The first-order valence-corrected chi connectivity index (χ1v) is 12.0. The Morgan fingerprint density at radius 2 is 1.18 bits per heavy atom. The van der Waals surface area contributed by atoms with E-state index < -0.39 is 7.72 Å². The summed E-state index contributed by atoms with van der Waals surface area (Å²) in [5.74, 6) is 0. The maximum absolute atomic E-state index is 10.2. The van der Waals surface area contributed by atoms with Crippen molar-refractivity contribution in [3.8, 4) is 0 Å². The van der Waals surface area contributed by atoms with Gasteiger partial charge in [-0.3, -0.25) is 0 Å². The van der Waals surface area contributed by atoms with Gasteiger partial charge in [-0.25, -0.2) is 9.42 Å². The van der Waals surface area contributed by atoms with Crippen LogP contribution in [0, 0.1) is 0 Å². The molecule has 1 atom stereocenters. The molecule has 0 radical (unpaired) electrons. The van der Waals surface area contributed by atoms with Gasteiger partial charge in [-0.05, 0) is 12.8 Å². The van der Waals surface area contributed by atoms with Crippen LogP contribution in [-0.4, -0.2) is 23.8 Å². The van der Waals surface area contributed by atoms with Gasteiger partial charge in [-0.2, -0.15) is 0 Å². The lowest BCUT2D eigenvalue weighted by Crippen LogP contribution is -1.98. The highest BCUT2D eigenvalue weighted by Crippen LogP contribution is 2.60. The zero-order valence-electron chi connectivity index (χ0n) is 15.0. The summed E-state index contributed by atoms with van der Waals surface area (Å²) in [6, 6.07) is 0. The molecule has 1 fully saturated rings. The van der Waals surface area contributed by atoms with Crippen LogP contribution in [0.4, 0.5) is 0 Å². The maximum Gasteiger partial charge on any atom is 0.271 e. The second kappa shape index (κ2) is 13.8. The zero-order chi connectivity index (χ0) is 15.9. The van der Waals surface area contributed by atoms with Crippen LogP contribution in [0.15, 0.2) is 0 Å². The number of hydrogen-bond acceptors (Lipinski definition) is 2. The molecule has 0 spiro atoms. The van der Waals surface area contributed by atoms with Gasteiger partial charge in [-0.1, -0.05) is 84.0 Å². The molecule has 1 aliphatic heterocycles. The first-order valence-electron chi connectivity index (χ1n) is 10.0. The Morgan fingerprint density at radius 3 is 1.59 bits per heavy atom. The van der Waals surface area contributed by atoms with E-state index in [1.54, 1.807) is 0 Å². The lowest BCUT2D eigenvalue weighted by atomic mass is 10.0. The quantitative estimate of drug-likeness (QED) is 0.266. The van der Waals surface area contributed by atoms with E-state index in [1.165, 1.54) is 89.9 Å². The van der Waals surface area contributed by atoms with Gasteiger partial charge in [0.25, 0.3) is 7.72 Å². The standard InChI is InChI=1S/C19H40O2P/c1-2-3-4-5-6-7-8-9-10-11-12-13-14-15-18-22(20)19-16-17-21-22/h20H,2-19H2,1H3/q+1. The summed E-state index contributed by atoms with van der Waals surface area (Å²) in [6.07, 6.45) is 22.4. The molecular weight excluding hydrogens is 291 g/mol. The minimum Gasteiger partial charge on any atom is -0.220 e. The van der Waals surface area contributed by atoms with Crippen LogP contribution >= 0.6 is 7.72 Å². The molecule has 1 rings (SSSR count). The summed E-state index contributed by atoms with van der Waals surface area (Å²) in [5, 5.41) is 0. The number of rotatable bonds is 15. The molecule has 0 bridgehead atoms. The van der Waals surface area contributed by atoms with Gasteiger partial charge >= 0.3 is 0 Å². The van der Waals surface area contributed by atoms with Crippen molar-refractivity contribution in [1.29, 1.82) is 0 Å². The molecule has 0 amide bonds. The second-order valence-electron chi connectivity index (χ2n) is 7.08. The van der Waals surface area contributed by atoms with Crippen molar-refractivity contribution in [2.75, 3.05) is 18.9 Å². The van der Waals surface area contributed by atoms with E-state index in [0.717, 1.165) is 25.4 Å². The van der Waals surface area contributed by atoms with Crippen molar-refractivity contribution in [2.45, 2.75) is 103 Å². The Hall–Kier alpha value is 0.350. The van der Waals surface area contributed by atoms with Crippen molar-refractivity contribution in [2.24, 2.45) is 0 Å². The molecule has 0 aliphatic carbocycles. The highest BCUT2D eigenvalue weighted by molar-refractivity contribution is 7.65. The summed E-state index contributed by atoms with van der Waals surface area (Å²) in [6.45, 7) is 3.08. The minimum absolute atomic E-state index is 0.795. The first kappa shape index (κ1) is 20.4. The Balaban J connectivity index is 1.71. The van der Waals surface area contributed by atoms with Crippen molar-refractivity contribution in [3.05, 3.63) is 0 Å². The molecule has 1 N–H and O–H groups in total. The fourth-order valence-corrected chi connectivity index (χ4v) is 5.63. The van der Waals surface area contributed by atoms with Crippen LogP contribution in [0.2, 0.25) is 0 Å².